The molecule has 0 atom stereocenters. The van der Waals surface area contributed by atoms with Gasteiger partial charge >= 0.3 is 0 Å². The lowest BCUT2D eigenvalue weighted by atomic mass is 10.4. The second-order valence-corrected chi connectivity index (χ2v) is 2.63. The van der Waals surface area contributed by atoms with Gasteiger partial charge < -0.3 is 11.1 Å². The summed E-state index contributed by atoms with van der Waals surface area (Å²) >= 11 is 5.72. The summed E-state index contributed by atoms with van der Waals surface area (Å²) in [6.45, 7) is 0. The Morgan fingerprint density at radius 1 is 1.75 bits per heavy atom. The SMILES string of the molecule is CNC(=O)c1c(Cl)c(N)nn1C. The molecule has 3 N–H and O–H groups in total. The molecule has 0 fully saturated rings. The van der Waals surface area contributed by atoms with Crippen molar-refractivity contribution in [2.45, 2.75) is 0 Å². The number of anilines is 1. The minimum atomic E-state index is -0.299. The van der Waals surface area contributed by atoms with Crippen molar-refractivity contribution in [3.05, 3.63) is 10.7 Å². The maximum Gasteiger partial charge on any atom is 0.270 e. The van der Waals surface area contributed by atoms with E-state index in [-0.39, 0.29) is 22.4 Å². The van der Waals surface area contributed by atoms with Crippen molar-refractivity contribution in [2.75, 3.05) is 12.8 Å². The van der Waals surface area contributed by atoms with Gasteiger partial charge in [0.05, 0.1) is 0 Å². The van der Waals surface area contributed by atoms with Crippen LogP contribution in [0.5, 0.6) is 0 Å². The summed E-state index contributed by atoms with van der Waals surface area (Å²) in [6.07, 6.45) is 0. The molecular weight excluding hydrogens is 180 g/mol. The predicted molar refractivity (Wildman–Crippen MR) is 46.0 cm³/mol. The van der Waals surface area contributed by atoms with Gasteiger partial charge in [-0.2, -0.15) is 5.10 Å². The molecule has 1 aromatic heterocycles. The van der Waals surface area contributed by atoms with E-state index in [2.05, 4.69) is 10.4 Å². The van der Waals surface area contributed by atoms with E-state index < -0.39 is 0 Å². The number of aromatic nitrogens is 2. The van der Waals surface area contributed by atoms with Gasteiger partial charge in [-0.25, -0.2) is 0 Å². The number of halogens is 1. The number of nitrogens with two attached hydrogens (primary N) is 1. The molecule has 0 radical (unpaired) electrons. The highest BCUT2D eigenvalue weighted by atomic mass is 35.5. The third-order valence-corrected chi connectivity index (χ3v) is 1.83. The van der Waals surface area contributed by atoms with E-state index in [4.69, 9.17) is 17.3 Å². The Bertz CT molecular complexity index is 320. The smallest absolute Gasteiger partial charge is 0.270 e. The third kappa shape index (κ3) is 1.23. The number of carbonyl (C=O) groups is 1. The fraction of sp³-hybridized carbons (Fsp3) is 0.333. The molecule has 0 aliphatic carbocycles. The molecule has 12 heavy (non-hydrogen) atoms. The van der Waals surface area contributed by atoms with Crippen LogP contribution >= 0.6 is 11.6 Å². The van der Waals surface area contributed by atoms with Gasteiger partial charge in [0.25, 0.3) is 5.91 Å². The topological polar surface area (TPSA) is 72.9 Å². The number of nitrogens with zero attached hydrogens (tertiary/aromatic N) is 2. The second-order valence-electron chi connectivity index (χ2n) is 2.25. The van der Waals surface area contributed by atoms with Crippen LogP contribution in [-0.4, -0.2) is 22.7 Å². The molecule has 6 heteroatoms. The van der Waals surface area contributed by atoms with E-state index in [0.717, 1.165) is 0 Å². The Balaban J connectivity index is 3.22. The van der Waals surface area contributed by atoms with E-state index in [1.807, 2.05) is 0 Å². The molecule has 0 aliphatic rings. The number of hydrogen-bond donors (Lipinski definition) is 2. The van der Waals surface area contributed by atoms with Crippen LogP contribution in [0.1, 0.15) is 10.5 Å². The average Bonchev–Trinajstić information content (AvgIpc) is 2.26. The van der Waals surface area contributed by atoms with Gasteiger partial charge in [0, 0.05) is 14.1 Å². The Hall–Kier alpha value is -1.23. The highest BCUT2D eigenvalue weighted by Crippen LogP contribution is 2.21. The molecule has 66 valence electrons. The summed E-state index contributed by atoms with van der Waals surface area (Å²) in [6, 6.07) is 0. The van der Waals surface area contributed by atoms with Gasteiger partial charge in [-0.3, -0.25) is 9.48 Å². The summed E-state index contributed by atoms with van der Waals surface area (Å²) in [5, 5.41) is 6.41. The number of rotatable bonds is 1. The number of nitrogen functional groups attached to an aromatic ring is 1. The zero-order valence-electron chi connectivity index (χ0n) is 6.76. The number of carbonyl (C=O) groups excluding carboxylic acids is 1. The van der Waals surface area contributed by atoms with Gasteiger partial charge in [0.2, 0.25) is 0 Å². The fourth-order valence-corrected chi connectivity index (χ4v) is 1.13. The van der Waals surface area contributed by atoms with Crippen LogP contribution in [0.2, 0.25) is 5.02 Å². The molecule has 0 aromatic carbocycles. The number of hydrogen-bond acceptors (Lipinski definition) is 3. The first-order valence-electron chi connectivity index (χ1n) is 3.28. The summed E-state index contributed by atoms with van der Waals surface area (Å²) in [5.74, 6) is -0.135. The molecule has 0 aliphatic heterocycles. The zero-order chi connectivity index (χ0) is 9.30. The second kappa shape index (κ2) is 3.02. The fourth-order valence-electron chi connectivity index (χ4n) is 0.884. The van der Waals surface area contributed by atoms with Crippen LogP contribution in [0.3, 0.4) is 0 Å². The zero-order valence-corrected chi connectivity index (χ0v) is 7.51. The molecule has 1 amide bonds. The maximum atomic E-state index is 11.2. The highest BCUT2D eigenvalue weighted by molar-refractivity contribution is 6.35. The summed E-state index contributed by atoms with van der Waals surface area (Å²) < 4.78 is 1.34. The van der Waals surface area contributed by atoms with Crippen LogP contribution in [0, 0.1) is 0 Å². The van der Waals surface area contributed by atoms with Crippen LogP contribution in [0.15, 0.2) is 0 Å². The molecular formula is C6H9ClN4O. The van der Waals surface area contributed by atoms with Crippen molar-refractivity contribution >= 4 is 23.3 Å². The molecule has 0 saturated heterocycles. The molecule has 0 saturated carbocycles. The molecule has 0 unspecified atom stereocenters. The molecule has 0 bridgehead atoms. The largest absolute Gasteiger partial charge is 0.381 e. The molecule has 1 aromatic rings. The van der Waals surface area contributed by atoms with Crippen LogP contribution < -0.4 is 11.1 Å². The lowest BCUT2D eigenvalue weighted by Crippen LogP contribution is -2.21. The molecule has 1 heterocycles. The quantitative estimate of drug-likeness (QED) is 0.653. The van der Waals surface area contributed by atoms with E-state index >= 15 is 0 Å². The average molecular weight is 189 g/mol. The number of nitrogens with one attached hydrogen (secondary N) is 1. The van der Waals surface area contributed by atoms with Crippen LogP contribution in [0.25, 0.3) is 0 Å². The third-order valence-electron chi connectivity index (χ3n) is 1.46. The van der Waals surface area contributed by atoms with Crippen molar-refractivity contribution < 1.29 is 4.79 Å². The summed E-state index contributed by atoms with van der Waals surface area (Å²) in [7, 11) is 3.12. The van der Waals surface area contributed by atoms with Gasteiger partial charge in [-0.1, -0.05) is 11.6 Å². The predicted octanol–water partition coefficient (Wildman–Crippen LogP) is 0.0153. The first-order valence-corrected chi connectivity index (χ1v) is 3.65. The first-order chi connectivity index (χ1) is 5.57. The van der Waals surface area contributed by atoms with Crippen molar-refractivity contribution in [3.8, 4) is 0 Å². The summed E-state index contributed by atoms with van der Waals surface area (Å²) in [5.41, 5.74) is 5.66. The monoisotopic (exact) mass is 188 g/mol. The minimum absolute atomic E-state index is 0.165. The maximum absolute atomic E-state index is 11.2. The lowest BCUT2D eigenvalue weighted by Gasteiger charge is -1.98. The van der Waals surface area contributed by atoms with Gasteiger partial charge in [-0.15, -0.1) is 0 Å². The molecule has 1 rings (SSSR count). The van der Waals surface area contributed by atoms with Gasteiger partial charge in [0.15, 0.2) is 5.82 Å². The van der Waals surface area contributed by atoms with E-state index in [9.17, 15) is 4.79 Å². The van der Waals surface area contributed by atoms with Crippen molar-refractivity contribution in [1.82, 2.24) is 15.1 Å². The van der Waals surface area contributed by atoms with Crippen LogP contribution in [0.4, 0.5) is 5.82 Å². The molecule has 0 spiro atoms. The van der Waals surface area contributed by atoms with Gasteiger partial charge in [-0.05, 0) is 0 Å². The van der Waals surface area contributed by atoms with E-state index in [1.165, 1.54) is 11.7 Å². The normalized spacial score (nSPS) is 9.92. The minimum Gasteiger partial charge on any atom is -0.381 e. The van der Waals surface area contributed by atoms with Crippen molar-refractivity contribution in [1.29, 1.82) is 0 Å². The molecule has 5 nitrogen and oxygen atoms in total. The number of amides is 1. The van der Waals surface area contributed by atoms with Crippen LogP contribution in [-0.2, 0) is 7.05 Å². The Kier molecular flexibility index (Phi) is 2.23. The van der Waals surface area contributed by atoms with Crippen molar-refractivity contribution in [2.24, 2.45) is 7.05 Å². The standard InChI is InChI=1S/C6H9ClN4O/c1-9-6(12)4-3(7)5(8)10-11(4)2/h1-2H3,(H2,8,10)(H,9,12). The Morgan fingerprint density at radius 2 is 2.33 bits per heavy atom. The summed E-state index contributed by atoms with van der Waals surface area (Å²) in [4.78, 5) is 11.2. The van der Waals surface area contributed by atoms with Gasteiger partial charge in [0.1, 0.15) is 10.7 Å². The van der Waals surface area contributed by atoms with Crippen molar-refractivity contribution in [3.63, 3.8) is 0 Å². The highest BCUT2D eigenvalue weighted by Gasteiger charge is 2.17. The van der Waals surface area contributed by atoms with E-state index in [1.54, 1.807) is 7.05 Å². The lowest BCUT2D eigenvalue weighted by molar-refractivity contribution is 0.0954. The van der Waals surface area contributed by atoms with E-state index in [0.29, 0.717) is 0 Å². The Labute approximate surface area is 74.5 Å². The first kappa shape index (κ1) is 8.86. The Morgan fingerprint density at radius 3 is 2.67 bits per heavy atom. The number of aryl methyl sites for hydroxylation is 1.